The molecule has 0 saturated heterocycles. The number of rotatable bonds is 6. The molecule has 82 valence electrons. The van der Waals surface area contributed by atoms with Crippen molar-refractivity contribution in [2.24, 2.45) is 0 Å². The maximum atomic E-state index is 11.4. The van der Waals surface area contributed by atoms with Gasteiger partial charge in [-0.2, -0.15) is 0 Å². The molecule has 0 rings (SSSR count). The zero-order valence-corrected chi connectivity index (χ0v) is 10.2. The van der Waals surface area contributed by atoms with Crippen molar-refractivity contribution >= 4 is 27.8 Å². The lowest BCUT2D eigenvalue weighted by Crippen LogP contribution is -2.36. The lowest BCUT2D eigenvalue weighted by Gasteiger charge is -2.19. The van der Waals surface area contributed by atoms with E-state index in [1.807, 2.05) is 6.92 Å². The van der Waals surface area contributed by atoms with Gasteiger partial charge >= 0.3 is 5.97 Å². The summed E-state index contributed by atoms with van der Waals surface area (Å²) < 4.78 is 4.76. The maximum absolute atomic E-state index is 11.4. The molecule has 0 radical (unpaired) electrons. The number of halogens is 1. The minimum Gasteiger partial charge on any atom is -0.465 e. The van der Waals surface area contributed by atoms with Crippen LogP contribution in [0.5, 0.6) is 0 Å². The quantitative estimate of drug-likeness (QED) is 0.535. The van der Waals surface area contributed by atoms with Crippen molar-refractivity contribution in [3.63, 3.8) is 0 Å². The van der Waals surface area contributed by atoms with Gasteiger partial charge in [0.15, 0.2) is 0 Å². The zero-order valence-electron chi connectivity index (χ0n) is 8.59. The number of esters is 1. The molecule has 0 fully saturated rings. The summed E-state index contributed by atoms with van der Waals surface area (Å²) in [5, 5.41) is 0.616. The monoisotopic (exact) mass is 265 g/mol. The molecule has 5 heteroatoms. The Labute approximate surface area is 92.7 Å². The number of hydrogen-bond donors (Lipinski definition) is 0. The summed E-state index contributed by atoms with van der Waals surface area (Å²) >= 11 is 3.18. The lowest BCUT2D eigenvalue weighted by atomic mass is 10.4. The lowest BCUT2D eigenvalue weighted by molar-refractivity contribution is -0.148. The molecule has 0 N–H and O–H groups in total. The molecular formula is C9H16BrNO3. The van der Waals surface area contributed by atoms with Crippen LogP contribution >= 0.6 is 15.9 Å². The number of amides is 1. The van der Waals surface area contributed by atoms with E-state index in [-0.39, 0.29) is 18.4 Å². The van der Waals surface area contributed by atoms with E-state index in [9.17, 15) is 9.59 Å². The van der Waals surface area contributed by atoms with E-state index in [1.54, 1.807) is 6.92 Å². The van der Waals surface area contributed by atoms with E-state index in [2.05, 4.69) is 15.9 Å². The van der Waals surface area contributed by atoms with Gasteiger partial charge in [-0.05, 0) is 13.8 Å². The van der Waals surface area contributed by atoms with E-state index in [1.165, 1.54) is 4.90 Å². The van der Waals surface area contributed by atoms with Crippen molar-refractivity contribution in [1.29, 1.82) is 0 Å². The van der Waals surface area contributed by atoms with Crippen LogP contribution in [0.25, 0.3) is 0 Å². The van der Waals surface area contributed by atoms with Crippen molar-refractivity contribution < 1.29 is 14.3 Å². The van der Waals surface area contributed by atoms with Gasteiger partial charge in [-0.1, -0.05) is 15.9 Å². The molecule has 0 aromatic heterocycles. The molecular weight excluding hydrogens is 250 g/mol. The zero-order chi connectivity index (χ0) is 11.0. The number of likely N-dealkylation sites (N-methyl/N-ethyl adjacent to an activating group) is 1. The Bertz CT molecular complexity index is 196. The highest BCUT2D eigenvalue weighted by Gasteiger charge is 2.14. The minimum absolute atomic E-state index is 0.0302. The number of ether oxygens (including phenoxy) is 1. The van der Waals surface area contributed by atoms with E-state index in [4.69, 9.17) is 4.74 Å². The van der Waals surface area contributed by atoms with Crippen LogP contribution in [0.4, 0.5) is 0 Å². The van der Waals surface area contributed by atoms with E-state index >= 15 is 0 Å². The molecule has 0 aliphatic carbocycles. The molecule has 0 aromatic carbocycles. The Kier molecular flexibility index (Phi) is 7.47. The first-order valence-corrected chi connectivity index (χ1v) is 5.77. The predicted octanol–water partition coefficient (Wildman–Crippen LogP) is 1.18. The van der Waals surface area contributed by atoms with Crippen molar-refractivity contribution in [1.82, 2.24) is 4.90 Å². The molecule has 0 aromatic rings. The molecule has 0 spiro atoms. The van der Waals surface area contributed by atoms with Crippen LogP contribution in [0, 0.1) is 0 Å². The highest BCUT2D eigenvalue weighted by molar-refractivity contribution is 9.09. The maximum Gasteiger partial charge on any atom is 0.325 e. The van der Waals surface area contributed by atoms with Gasteiger partial charge in [-0.25, -0.2) is 0 Å². The van der Waals surface area contributed by atoms with Crippen molar-refractivity contribution in [3.8, 4) is 0 Å². The number of hydrogen-bond acceptors (Lipinski definition) is 3. The summed E-state index contributed by atoms with van der Waals surface area (Å²) in [6.07, 6.45) is 0.410. The summed E-state index contributed by atoms with van der Waals surface area (Å²) in [6, 6.07) is 0. The van der Waals surface area contributed by atoms with Gasteiger partial charge in [-0.3, -0.25) is 9.59 Å². The van der Waals surface area contributed by atoms with Gasteiger partial charge in [-0.15, -0.1) is 0 Å². The topological polar surface area (TPSA) is 46.6 Å². The number of carbonyl (C=O) groups excluding carboxylic acids is 2. The fourth-order valence-electron chi connectivity index (χ4n) is 0.978. The molecule has 0 atom stereocenters. The standard InChI is InChI=1S/C9H16BrNO3/c1-3-11(8(12)5-6-10)7-9(13)14-4-2/h3-7H2,1-2H3. The highest BCUT2D eigenvalue weighted by Crippen LogP contribution is 1.97. The van der Waals surface area contributed by atoms with Gasteiger partial charge in [0, 0.05) is 18.3 Å². The molecule has 4 nitrogen and oxygen atoms in total. The van der Waals surface area contributed by atoms with Crippen LogP contribution in [-0.2, 0) is 14.3 Å². The second-order valence-corrected chi connectivity index (χ2v) is 3.44. The number of carbonyl (C=O) groups is 2. The smallest absolute Gasteiger partial charge is 0.325 e. The summed E-state index contributed by atoms with van der Waals surface area (Å²) in [6.45, 7) is 4.52. The average molecular weight is 266 g/mol. The highest BCUT2D eigenvalue weighted by atomic mass is 79.9. The molecule has 14 heavy (non-hydrogen) atoms. The molecule has 0 saturated carbocycles. The second kappa shape index (κ2) is 7.79. The van der Waals surface area contributed by atoms with Gasteiger partial charge in [0.1, 0.15) is 6.54 Å². The van der Waals surface area contributed by atoms with Crippen molar-refractivity contribution in [3.05, 3.63) is 0 Å². The fourth-order valence-corrected chi connectivity index (χ4v) is 1.32. The molecule has 0 aliphatic heterocycles. The SMILES string of the molecule is CCOC(=O)CN(CC)C(=O)CCBr. The van der Waals surface area contributed by atoms with E-state index < -0.39 is 0 Å². The van der Waals surface area contributed by atoms with Crippen LogP contribution in [0.1, 0.15) is 20.3 Å². The predicted molar refractivity (Wildman–Crippen MR) is 57.3 cm³/mol. The van der Waals surface area contributed by atoms with Gasteiger partial charge in [0.2, 0.25) is 5.91 Å². The van der Waals surface area contributed by atoms with Crippen molar-refractivity contribution in [2.45, 2.75) is 20.3 Å². The Balaban J connectivity index is 4.01. The van der Waals surface area contributed by atoms with E-state index in [0.717, 1.165) is 0 Å². The first-order chi connectivity index (χ1) is 6.65. The largest absolute Gasteiger partial charge is 0.465 e. The van der Waals surface area contributed by atoms with Crippen molar-refractivity contribution in [2.75, 3.05) is 25.0 Å². The van der Waals surface area contributed by atoms with Crippen LogP contribution < -0.4 is 0 Å². The summed E-state index contributed by atoms with van der Waals surface area (Å²) in [5.74, 6) is -0.380. The normalized spacial score (nSPS) is 9.64. The third kappa shape index (κ3) is 5.21. The first-order valence-electron chi connectivity index (χ1n) is 4.65. The number of alkyl halides is 1. The fraction of sp³-hybridized carbons (Fsp3) is 0.778. The average Bonchev–Trinajstić information content (AvgIpc) is 2.15. The van der Waals surface area contributed by atoms with Gasteiger partial charge in [0.25, 0.3) is 0 Å². The van der Waals surface area contributed by atoms with Crippen LogP contribution in [0.15, 0.2) is 0 Å². The number of nitrogens with zero attached hydrogens (tertiary/aromatic N) is 1. The molecule has 0 bridgehead atoms. The van der Waals surface area contributed by atoms with E-state index in [0.29, 0.717) is 24.9 Å². The molecule has 0 heterocycles. The summed E-state index contributed by atoms with van der Waals surface area (Å²) in [7, 11) is 0. The first kappa shape index (κ1) is 13.4. The summed E-state index contributed by atoms with van der Waals surface area (Å²) in [5.41, 5.74) is 0. The molecule has 1 amide bonds. The Morgan fingerprint density at radius 2 is 2.00 bits per heavy atom. The van der Waals surface area contributed by atoms with Crippen LogP contribution in [0.2, 0.25) is 0 Å². The minimum atomic E-state index is -0.350. The summed E-state index contributed by atoms with van der Waals surface area (Å²) in [4.78, 5) is 24.0. The molecule has 0 unspecified atom stereocenters. The molecule has 0 aliphatic rings. The van der Waals surface area contributed by atoms with Crippen LogP contribution in [-0.4, -0.2) is 41.8 Å². The third-order valence-electron chi connectivity index (χ3n) is 1.67. The van der Waals surface area contributed by atoms with Gasteiger partial charge < -0.3 is 9.64 Å². The Hall–Kier alpha value is -0.580. The third-order valence-corrected chi connectivity index (χ3v) is 2.06. The van der Waals surface area contributed by atoms with Crippen LogP contribution in [0.3, 0.4) is 0 Å². The second-order valence-electron chi connectivity index (χ2n) is 2.65. The Morgan fingerprint density at radius 1 is 1.36 bits per heavy atom. The van der Waals surface area contributed by atoms with Gasteiger partial charge in [0.05, 0.1) is 6.61 Å². The Morgan fingerprint density at radius 3 is 2.43 bits per heavy atom.